The van der Waals surface area contributed by atoms with Crippen molar-refractivity contribution >= 4 is 12.2 Å². The summed E-state index contributed by atoms with van der Waals surface area (Å²) in [7, 11) is 0. The SMILES string of the molecule is Cc1cc(/C=C/c2ccc(OC[C@@H](O)C[NH2+]C(C)C)cc2)on1. The molecule has 1 heterocycles. The van der Waals surface area contributed by atoms with E-state index in [2.05, 4.69) is 24.3 Å². The topological polar surface area (TPSA) is 72.1 Å². The average Bonchev–Trinajstić information content (AvgIpc) is 2.95. The Hall–Kier alpha value is -2.11. The van der Waals surface area contributed by atoms with E-state index in [-0.39, 0.29) is 0 Å². The summed E-state index contributed by atoms with van der Waals surface area (Å²) in [5.41, 5.74) is 1.90. The number of nitrogens with two attached hydrogens (primary N) is 1. The number of hydrogen-bond donors (Lipinski definition) is 2. The van der Waals surface area contributed by atoms with Crippen LogP contribution in [0, 0.1) is 6.92 Å². The number of nitrogens with zero attached hydrogens (tertiary/aromatic N) is 1. The van der Waals surface area contributed by atoms with Gasteiger partial charge in [0.15, 0.2) is 5.76 Å². The molecule has 0 aliphatic carbocycles. The molecule has 0 saturated heterocycles. The van der Waals surface area contributed by atoms with E-state index in [1.807, 2.05) is 49.4 Å². The van der Waals surface area contributed by atoms with Crippen LogP contribution in [0.3, 0.4) is 0 Å². The van der Waals surface area contributed by atoms with Gasteiger partial charge in [0.2, 0.25) is 0 Å². The number of ether oxygens (including phenoxy) is 1. The Kier molecular flexibility index (Phi) is 6.38. The fourth-order valence-corrected chi connectivity index (χ4v) is 2.01. The lowest BCUT2D eigenvalue weighted by Gasteiger charge is -2.12. The number of rotatable bonds is 8. The van der Waals surface area contributed by atoms with E-state index in [1.54, 1.807) is 0 Å². The molecule has 0 aliphatic rings. The second-order valence-electron chi connectivity index (χ2n) is 5.95. The Morgan fingerprint density at radius 2 is 2.00 bits per heavy atom. The number of aliphatic hydroxyl groups is 1. The minimum atomic E-state index is -0.466. The lowest BCUT2D eigenvalue weighted by Crippen LogP contribution is -2.90. The number of aromatic nitrogens is 1. The van der Waals surface area contributed by atoms with Crippen LogP contribution < -0.4 is 10.1 Å². The smallest absolute Gasteiger partial charge is 0.159 e. The molecule has 1 atom stereocenters. The Labute approximate surface area is 137 Å². The van der Waals surface area contributed by atoms with E-state index in [0.29, 0.717) is 19.2 Å². The highest BCUT2D eigenvalue weighted by molar-refractivity contribution is 5.67. The molecule has 0 spiro atoms. The lowest BCUT2D eigenvalue weighted by molar-refractivity contribution is -0.688. The highest BCUT2D eigenvalue weighted by Gasteiger charge is 2.08. The molecule has 5 heteroatoms. The zero-order valence-electron chi connectivity index (χ0n) is 13.9. The highest BCUT2D eigenvalue weighted by atomic mass is 16.5. The first-order chi connectivity index (χ1) is 11.0. The van der Waals surface area contributed by atoms with Crippen molar-refractivity contribution in [3.05, 3.63) is 47.3 Å². The van der Waals surface area contributed by atoms with Crippen molar-refractivity contribution in [2.24, 2.45) is 0 Å². The fourth-order valence-electron chi connectivity index (χ4n) is 2.01. The summed E-state index contributed by atoms with van der Waals surface area (Å²) in [6.45, 7) is 7.03. The Balaban J connectivity index is 1.81. The van der Waals surface area contributed by atoms with E-state index in [0.717, 1.165) is 22.8 Å². The highest BCUT2D eigenvalue weighted by Crippen LogP contribution is 2.15. The fraction of sp³-hybridized carbons (Fsp3) is 0.389. The number of quaternary nitrogens is 1. The van der Waals surface area contributed by atoms with Gasteiger partial charge < -0.3 is 19.7 Å². The van der Waals surface area contributed by atoms with Crippen LogP contribution in [0.15, 0.2) is 34.9 Å². The first-order valence-electron chi connectivity index (χ1n) is 7.88. The predicted molar refractivity (Wildman–Crippen MR) is 90.0 cm³/mol. The van der Waals surface area contributed by atoms with Crippen LogP contribution in [-0.4, -0.2) is 35.6 Å². The minimum absolute atomic E-state index is 0.301. The van der Waals surface area contributed by atoms with Crippen molar-refractivity contribution in [1.82, 2.24) is 5.16 Å². The van der Waals surface area contributed by atoms with Gasteiger partial charge in [-0.15, -0.1) is 0 Å². The number of aliphatic hydroxyl groups excluding tert-OH is 1. The number of aryl methyl sites for hydroxylation is 1. The van der Waals surface area contributed by atoms with Crippen molar-refractivity contribution in [3.8, 4) is 5.75 Å². The molecule has 2 aromatic rings. The molecule has 2 rings (SSSR count). The van der Waals surface area contributed by atoms with Gasteiger partial charge in [-0.3, -0.25) is 0 Å². The standard InChI is InChI=1S/C18H24N2O3/c1-13(2)19-11-16(21)12-22-17-7-4-15(5-8-17)6-9-18-10-14(3)20-23-18/h4-10,13,16,19,21H,11-12H2,1-3H3/p+1/b9-6+/t16-/m0/s1. The molecule has 0 saturated carbocycles. The number of benzene rings is 1. The summed E-state index contributed by atoms with van der Waals surface area (Å²) in [5.74, 6) is 1.48. The van der Waals surface area contributed by atoms with Gasteiger partial charge in [-0.2, -0.15) is 0 Å². The van der Waals surface area contributed by atoms with Crippen molar-refractivity contribution in [2.45, 2.75) is 32.9 Å². The minimum Gasteiger partial charge on any atom is -0.491 e. The van der Waals surface area contributed by atoms with E-state index < -0.39 is 6.10 Å². The van der Waals surface area contributed by atoms with E-state index >= 15 is 0 Å². The zero-order valence-corrected chi connectivity index (χ0v) is 13.9. The van der Waals surface area contributed by atoms with Gasteiger partial charge in [-0.1, -0.05) is 23.4 Å². The summed E-state index contributed by atoms with van der Waals surface area (Å²) in [4.78, 5) is 0. The second kappa shape index (κ2) is 8.50. The first-order valence-corrected chi connectivity index (χ1v) is 7.88. The third-order valence-electron chi connectivity index (χ3n) is 3.29. The summed E-state index contributed by atoms with van der Waals surface area (Å²) in [6, 6.07) is 10.1. The van der Waals surface area contributed by atoms with Crippen LogP contribution in [0.1, 0.15) is 30.9 Å². The number of hydrogen-bond acceptors (Lipinski definition) is 4. The van der Waals surface area contributed by atoms with Gasteiger partial charge in [0, 0.05) is 6.07 Å². The third kappa shape index (κ3) is 6.26. The van der Waals surface area contributed by atoms with Crippen molar-refractivity contribution < 1.29 is 19.7 Å². The predicted octanol–water partition coefficient (Wildman–Crippen LogP) is 1.86. The average molecular weight is 317 g/mol. The molecule has 3 N–H and O–H groups in total. The molecule has 0 bridgehead atoms. The Bertz CT molecular complexity index is 617. The Morgan fingerprint density at radius 3 is 2.61 bits per heavy atom. The van der Waals surface area contributed by atoms with Crippen molar-refractivity contribution in [2.75, 3.05) is 13.2 Å². The first kappa shape index (κ1) is 17.2. The van der Waals surface area contributed by atoms with Gasteiger partial charge in [-0.25, -0.2) is 0 Å². The van der Waals surface area contributed by atoms with Crippen LogP contribution in [0.4, 0.5) is 0 Å². The molecule has 124 valence electrons. The molecule has 1 aromatic carbocycles. The normalized spacial score (nSPS) is 12.9. The van der Waals surface area contributed by atoms with E-state index in [9.17, 15) is 5.11 Å². The molecular formula is C18H25N2O3+. The quantitative estimate of drug-likeness (QED) is 0.779. The van der Waals surface area contributed by atoms with Crippen LogP contribution in [0.2, 0.25) is 0 Å². The molecule has 0 aliphatic heterocycles. The molecular weight excluding hydrogens is 292 g/mol. The maximum Gasteiger partial charge on any atom is 0.159 e. The molecule has 1 aromatic heterocycles. The maximum absolute atomic E-state index is 9.84. The molecule has 0 unspecified atom stereocenters. The molecule has 0 amide bonds. The largest absolute Gasteiger partial charge is 0.491 e. The summed E-state index contributed by atoms with van der Waals surface area (Å²) < 4.78 is 10.7. The summed E-state index contributed by atoms with van der Waals surface area (Å²) >= 11 is 0. The molecule has 0 radical (unpaired) electrons. The van der Waals surface area contributed by atoms with Crippen LogP contribution in [0.25, 0.3) is 12.2 Å². The van der Waals surface area contributed by atoms with Crippen LogP contribution >= 0.6 is 0 Å². The van der Waals surface area contributed by atoms with Crippen LogP contribution in [-0.2, 0) is 0 Å². The van der Waals surface area contributed by atoms with Crippen molar-refractivity contribution in [1.29, 1.82) is 0 Å². The maximum atomic E-state index is 9.84. The zero-order chi connectivity index (χ0) is 16.7. The molecule has 0 fully saturated rings. The van der Waals surface area contributed by atoms with E-state index in [4.69, 9.17) is 9.26 Å². The van der Waals surface area contributed by atoms with Gasteiger partial charge >= 0.3 is 0 Å². The monoisotopic (exact) mass is 317 g/mol. The summed E-state index contributed by atoms with van der Waals surface area (Å²) in [5, 5.41) is 15.8. The van der Waals surface area contributed by atoms with Crippen LogP contribution in [0.5, 0.6) is 5.75 Å². The van der Waals surface area contributed by atoms with Gasteiger partial charge in [0.1, 0.15) is 25.0 Å². The van der Waals surface area contributed by atoms with Gasteiger partial charge in [0.25, 0.3) is 0 Å². The summed E-state index contributed by atoms with van der Waals surface area (Å²) in [6.07, 6.45) is 3.36. The lowest BCUT2D eigenvalue weighted by atomic mass is 10.2. The van der Waals surface area contributed by atoms with E-state index in [1.165, 1.54) is 0 Å². The van der Waals surface area contributed by atoms with Gasteiger partial charge in [0.05, 0.1) is 11.7 Å². The molecule has 5 nitrogen and oxygen atoms in total. The van der Waals surface area contributed by atoms with Crippen molar-refractivity contribution in [3.63, 3.8) is 0 Å². The Morgan fingerprint density at radius 1 is 1.26 bits per heavy atom. The molecule has 23 heavy (non-hydrogen) atoms. The second-order valence-corrected chi connectivity index (χ2v) is 5.95. The van der Waals surface area contributed by atoms with Gasteiger partial charge in [-0.05, 0) is 44.5 Å². The third-order valence-corrected chi connectivity index (χ3v) is 3.29.